The number of hydrogen-bond donors (Lipinski definition) is 1. The summed E-state index contributed by atoms with van der Waals surface area (Å²) in [5.74, 6) is -0.566. The van der Waals surface area contributed by atoms with Gasteiger partial charge in [0, 0.05) is 13.1 Å². The first-order chi connectivity index (χ1) is 8.16. The standard InChI is InChI=1S/C14H19NO2/c1-11-9-15(8-7-13(11)14(16)17)10-12-5-3-2-4-6-12/h2-6,11,13H,7-10H2,1H3,(H,16,17)/t11-,13-/m0/s1. The third kappa shape index (κ3) is 3.07. The van der Waals surface area contributed by atoms with Crippen molar-refractivity contribution in [3.05, 3.63) is 35.9 Å². The molecule has 0 radical (unpaired) electrons. The van der Waals surface area contributed by atoms with Gasteiger partial charge in [-0.3, -0.25) is 9.69 Å². The number of piperidine rings is 1. The molecule has 0 unspecified atom stereocenters. The zero-order valence-electron chi connectivity index (χ0n) is 10.2. The molecule has 1 aliphatic heterocycles. The van der Waals surface area contributed by atoms with Gasteiger partial charge in [-0.1, -0.05) is 37.3 Å². The molecule has 1 aromatic rings. The minimum Gasteiger partial charge on any atom is -0.481 e. The predicted molar refractivity (Wildman–Crippen MR) is 66.6 cm³/mol. The average Bonchev–Trinajstić information content (AvgIpc) is 2.30. The molecule has 1 aromatic carbocycles. The van der Waals surface area contributed by atoms with Crippen LogP contribution in [-0.2, 0) is 11.3 Å². The van der Waals surface area contributed by atoms with Crippen molar-refractivity contribution in [1.29, 1.82) is 0 Å². The van der Waals surface area contributed by atoms with Crippen LogP contribution >= 0.6 is 0 Å². The Morgan fingerprint density at radius 1 is 1.41 bits per heavy atom. The molecule has 3 nitrogen and oxygen atoms in total. The van der Waals surface area contributed by atoms with Gasteiger partial charge < -0.3 is 5.11 Å². The van der Waals surface area contributed by atoms with E-state index in [-0.39, 0.29) is 11.8 Å². The normalized spacial score (nSPS) is 25.7. The highest BCUT2D eigenvalue weighted by Gasteiger charge is 2.30. The van der Waals surface area contributed by atoms with Gasteiger partial charge in [0.2, 0.25) is 0 Å². The van der Waals surface area contributed by atoms with E-state index in [1.165, 1.54) is 5.56 Å². The molecule has 1 saturated heterocycles. The predicted octanol–water partition coefficient (Wildman–Crippen LogP) is 2.23. The van der Waals surface area contributed by atoms with E-state index in [0.717, 1.165) is 26.1 Å². The highest BCUT2D eigenvalue weighted by atomic mass is 16.4. The lowest BCUT2D eigenvalue weighted by molar-refractivity contribution is -0.145. The largest absolute Gasteiger partial charge is 0.481 e. The number of nitrogens with zero attached hydrogens (tertiary/aromatic N) is 1. The van der Waals surface area contributed by atoms with Crippen LogP contribution in [0.5, 0.6) is 0 Å². The first-order valence-electron chi connectivity index (χ1n) is 6.16. The minimum absolute atomic E-state index is 0.165. The Bertz CT molecular complexity index is 377. The molecule has 0 saturated carbocycles. The maximum absolute atomic E-state index is 11.0. The van der Waals surface area contributed by atoms with Crippen LogP contribution in [0.4, 0.5) is 0 Å². The second-order valence-electron chi connectivity index (χ2n) is 4.93. The Labute approximate surface area is 102 Å². The van der Waals surface area contributed by atoms with E-state index in [1.54, 1.807) is 0 Å². The quantitative estimate of drug-likeness (QED) is 0.870. The second-order valence-corrected chi connectivity index (χ2v) is 4.93. The molecule has 1 N–H and O–H groups in total. The van der Waals surface area contributed by atoms with E-state index in [0.29, 0.717) is 0 Å². The van der Waals surface area contributed by atoms with Gasteiger partial charge in [0.1, 0.15) is 0 Å². The van der Waals surface area contributed by atoms with Crippen LogP contribution in [0.25, 0.3) is 0 Å². The van der Waals surface area contributed by atoms with Crippen LogP contribution in [0.2, 0.25) is 0 Å². The van der Waals surface area contributed by atoms with Crippen molar-refractivity contribution < 1.29 is 9.90 Å². The second kappa shape index (κ2) is 5.32. The van der Waals surface area contributed by atoms with E-state index < -0.39 is 5.97 Å². The molecule has 17 heavy (non-hydrogen) atoms. The van der Waals surface area contributed by atoms with E-state index in [9.17, 15) is 4.79 Å². The molecular weight excluding hydrogens is 214 g/mol. The van der Waals surface area contributed by atoms with Gasteiger partial charge in [0.05, 0.1) is 5.92 Å². The van der Waals surface area contributed by atoms with Crippen molar-refractivity contribution in [1.82, 2.24) is 4.90 Å². The lowest BCUT2D eigenvalue weighted by Gasteiger charge is -2.34. The number of benzene rings is 1. The molecule has 0 aliphatic carbocycles. The number of carbonyl (C=O) groups is 1. The summed E-state index contributed by atoms with van der Waals surface area (Å²) in [7, 11) is 0. The lowest BCUT2D eigenvalue weighted by atomic mass is 9.87. The summed E-state index contributed by atoms with van der Waals surface area (Å²) in [6.45, 7) is 4.73. The fourth-order valence-corrected chi connectivity index (χ4v) is 2.58. The first-order valence-corrected chi connectivity index (χ1v) is 6.16. The van der Waals surface area contributed by atoms with E-state index in [4.69, 9.17) is 5.11 Å². The van der Waals surface area contributed by atoms with Crippen molar-refractivity contribution in [3.63, 3.8) is 0 Å². The molecule has 1 fully saturated rings. The fraction of sp³-hybridized carbons (Fsp3) is 0.500. The zero-order valence-corrected chi connectivity index (χ0v) is 10.2. The summed E-state index contributed by atoms with van der Waals surface area (Å²) in [4.78, 5) is 13.4. The maximum Gasteiger partial charge on any atom is 0.306 e. The van der Waals surface area contributed by atoms with Crippen LogP contribution in [0.1, 0.15) is 18.9 Å². The number of rotatable bonds is 3. The monoisotopic (exact) mass is 233 g/mol. The van der Waals surface area contributed by atoms with Crippen molar-refractivity contribution >= 4 is 5.97 Å². The van der Waals surface area contributed by atoms with Gasteiger partial charge in [-0.2, -0.15) is 0 Å². The fourth-order valence-electron chi connectivity index (χ4n) is 2.58. The van der Waals surface area contributed by atoms with Gasteiger partial charge in [-0.05, 0) is 24.4 Å². The first kappa shape index (κ1) is 12.1. The number of carboxylic acid groups (broad SMARTS) is 1. The summed E-state index contributed by atoms with van der Waals surface area (Å²) < 4.78 is 0. The minimum atomic E-state index is -0.642. The number of carboxylic acids is 1. The Morgan fingerprint density at radius 2 is 2.12 bits per heavy atom. The van der Waals surface area contributed by atoms with Crippen LogP contribution < -0.4 is 0 Å². The highest BCUT2D eigenvalue weighted by molar-refractivity contribution is 5.70. The third-order valence-corrected chi connectivity index (χ3v) is 3.56. The summed E-state index contributed by atoms with van der Waals surface area (Å²) in [6.07, 6.45) is 0.767. The molecule has 92 valence electrons. The Hall–Kier alpha value is -1.35. The summed E-state index contributed by atoms with van der Waals surface area (Å²) >= 11 is 0. The van der Waals surface area contributed by atoms with Gasteiger partial charge in [0.15, 0.2) is 0 Å². The zero-order chi connectivity index (χ0) is 12.3. The molecule has 3 heteroatoms. The van der Waals surface area contributed by atoms with E-state index in [1.807, 2.05) is 25.1 Å². The van der Waals surface area contributed by atoms with Crippen molar-refractivity contribution in [3.8, 4) is 0 Å². The molecular formula is C14H19NO2. The molecule has 1 heterocycles. The summed E-state index contributed by atoms with van der Waals surface area (Å²) in [6, 6.07) is 10.3. The Balaban J connectivity index is 1.92. The van der Waals surface area contributed by atoms with Gasteiger partial charge in [0.25, 0.3) is 0 Å². The van der Waals surface area contributed by atoms with Gasteiger partial charge in [-0.25, -0.2) is 0 Å². The summed E-state index contributed by atoms with van der Waals surface area (Å²) in [5.41, 5.74) is 1.30. The Kier molecular flexibility index (Phi) is 3.79. The van der Waals surface area contributed by atoms with Crippen LogP contribution in [0.3, 0.4) is 0 Å². The maximum atomic E-state index is 11.0. The summed E-state index contributed by atoms with van der Waals surface area (Å²) in [5, 5.41) is 9.07. The third-order valence-electron chi connectivity index (χ3n) is 3.56. The molecule has 0 amide bonds. The van der Waals surface area contributed by atoms with Crippen molar-refractivity contribution in [2.45, 2.75) is 19.9 Å². The van der Waals surface area contributed by atoms with Crippen LogP contribution in [-0.4, -0.2) is 29.1 Å². The van der Waals surface area contributed by atoms with Gasteiger partial charge in [-0.15, -0.1) is 0 Å². The average molecular weight is 233 g/mol. The molecule has 0 bridgehead atoms. The number of hydrogen-bond acceptors (Lipinski definition) is 2. The molecule has 1 aliphatic rings. The molecule has 2 atom stereocenters. The topological polar surface area (TPSA) is 40.5 Å². The molecule has 2 rings (SSSR count). The van der Waals surface area contributed by atoms with Crippen molar-refractivity contribution in [2.24, 2.45) is 11.8 Å². The smallest absolute Gasteiger partial charge is 0.306 e. The SMILES string of the molecule is C[C@H]1CN(Cc2ccccc2)CC[C@@H]1C(=O)O. The number of aliphatic carboxylic acids is 1. The van der Waals surface area contributed by atoms with Crippen LogP contribution in [0.15, 0.2) is 30.3 Å². The van der Waals surface area contributed by atoms with E-state index >= 15 is 0 Å². The van der Waals surface area contributed by atoms with Crippen LogP contribution in [0, 0.1) is 11.8 Å². The van der Waals surface area contributed by atoms with Gasteiger partial charge >= 0.3 is 5.97 Å². The molecule has 0 spiro atoms. The lowest BCUT2D eigenvalue weighted by Crippen LogP contribution is -2.41. The molecule has 0 aromatic heterocycles. The highest BCUT2D eigenvalue weighted by Crippen LogP contribution is 2.24. The van der Waals surface area contributed by atoms with Crippen molar-refractivity contribution in [2.75, 3.05) is 13.1 Å². The van der Waals surface area contributed by atoms with E-state index in [2.05, 4.69) is 17.0 Å². The number of likely N-dealkylation sites (tertiary alicyclic amines) is 1. The Morgan fingerprint density at radius 3 is 2.71 bits per heavy atom.